The number of hydrogen-bond acceptors (Lipinski definition) is 4. The fraction of sp³-hybridized carbons (Fsp3) is 0.136. The summed E-state index contributed by atoms with van der Waals surface area (Å²) < 4.78 is 81.5. The average molecular weight is 465 g/mol. The van der Waals surface area contributed by atoms with Gasteiger partial charge in [0, 0.05) is 11.8 Å². The molecule has 0 fully saturated rings. The lowest BCUT2D eigenvalue weighted by molar-refractivity contribution is -0.274. The van der Waals surface area contributed by atoms with Gasteiger partial charge in [-0.25, -0.2) is 0 Å². The van der Waals surface area contributed by atoms with E-state index in [1.54, 1.807) is 6.92 Å². The number of hydrogen-bond donors (Lipinski definition) is 0. The molecule has 0 saturated carbocycles. The molecule has 0 amide bonds. The molecule has 0 bridgehead atoms. The van der Waals surface area contributed by atoms with E-state index in [9.17, 15) is 31.1 Å². The molecule has 170 valence electrons. The van der Waals surface area contributed by atoms with Crippen LogP contribution in [0.2, 0.25) is 0 Å². The van der Waals surface area contributed by atoms with Crippen LogP contribution in [-0.4, -0.2) is 21.1 Å². The van der Waals surface area contributed by atoms with Crippen molar-refractivity contribution in [2.24, 2.45) is 0 Å². The van der Waals surface area contributed by atoms with Crippen molar-refractivity contribution < 1.29 is 31.1 Å². The number of alkyl halides is 6. The van der Waals surface area contributed by atoms with Crippen LogP contribution in [-0.2, 0) is 6.18 Å². The summed E-state index contributed by atoms with van der Waals surface area (Å²) in [6, 6.07) is 10.2. The number of aromatic nitrogens is 3. The van der Waals surface area contributed by atoms with Gasteiger partial charge in [0.1, 0.15) is 17.0 Å². The van der Waals surface area contributed by atoms with Gasteiger partial charge in [-0.2, -0.15) is 23.0 Å². The van der Waals surface area contributed by atoms with E-state index in [0.29, 0.717) is 5.56 Å². The van der Waals surface area contributed by atoms with Crippen molar-refractivity contribution in [2.45, 2.75) is 19.5 Å². The smallest absolute Gasteiger partial charge is 0.406 e. The third-order valence-corrected chi connectivity index (χ3v) is 4.65. The number of fused-ring (bicyclic) bond motifs is 1. The summed E-state index contributed by atoms with van der Waals surface area (Å²) in [6.45, 7) is 1.69. The van der Waals surface area contributed by atoms with Gasteiger partial charge in [0.05, 0.1) is 16.6 Å². The molecule has 0 N–H and O–H groups in total. The Morgan fingerprint density at radius 2 is 1.64 bits per heavy atom. The van der Waals surface area contributed by atoms with Crippen LogP contribution in [0, 0.1) is 6.92 Å². The Balaban J connectivity index is 1.94. The van der Waals surface area contributed by atoms with Crippen molar-refractivity contribution in [3.8, 4) is 22.7 Å². The van der Waals surface area contributed by atoms with Gasteiger partial charge in [-0.1, -0.05) is 12.1 Å². The molecule has 33 heavy (non-hydrogen) atoms. The number of ether oxygens (including phenoxy) is 1. The Kier molecular flexibility index (Phi) is 5.35. The minimum absolute atomic E-state index is 0.0420. The third kappa shape index (κ3) is 4.66. The van der Waals surface area contributed by atoms with Gasteiger partial charge in [-0.05, 0) is 55.0 Å². The molecule has 2 aromatic heterocycles. The molecular formula is C22H13F6N3O2. The Hall–Kier alpha value is -3.89. The molecule has 2 aromatic carbocycles. The van der Waals surface area contributed by atoms with Crippen LogP contribution >= 0.6 is 0 Å². The second-order valence-electron chi connectivity index (χ2n) is 7.09. The van der Waals surface area contributed by atoms with Crippen LogP contribution in [0.15, 0.2) is 65.6 Å². The normalized spacial score (nSPS) is 12.2. The SMILES string of the molecule is Cc1cnc2c(-c3cccc(OC(F)(F)F)c3)nn(-c3ccc(C(F)(F)F)cc3)c(=O)c2c1. The van der Waals surface area contributed by atoms with E-state index in [-0.39, 0.29) is 27.8 Å². The second-order valence-corrected chi connectivity index (χ2v) is 7.09. The summed E-state index contributed by atoms with van der Waals surface area (Å²) >= 11 is 0. The minimum Gasteiger partial charge on any atom is -0.406 e. The standard InChI is InChI=1S/C22H13F6N3O2/c1-12-9-17-19(29-11-12)18(13-3-2-4-16(10-13)33-22(26,27)28)30-31(20(17)32)15-7-5-14(6-8-15)21(23,24)25/h2-11H,1H3. The second kappa shape index (κ2) is 7.91. The molecule has 0 radical (unpaired) electrons. The van der Waals surface area contributed by atoms with Gasteiger partial charge in [-0.15, -0.1) is 13.2 Å². The zero-order chi connectivity index (χ0) is 24.0. The van der Waals surface area contributed by atoms with Crippen molar-refractivity contribution in [3.63, 3.8) is 0 Å². The molecule has 4 rings (SSSR count). The fourth-order valence-corrected chi connectivity index (χ4v) is 3.23. The first-order chi connectivity index (χ1) is 15.4. The molecule has 0 spiro atoms. The summed E-state index contributed by atoms with van der Waals surface area (Å²) in [5, 5.41) is 4.32. The first-order valence-corrected chi connectivity index (χ1v) is 9.36. The molecule has 2 heterocycles. The summed E-state index contributed by atoms with van der Waals surface area (Å²) in [7, 11) is 0. The van der Waals surface area contributed by atoms with Crippen molar-refractivity contribution in [2.75, 3.05) is 0 Å². The summed E-state index contributed by atoms with van der Waals surface area (Å²) in [5.41, 5.74) is -0.540. The highest BCUT2D eigenvalue weighted by Crippen LogP contribution is 2.31. The number of halogens is 6. The Labute approximate surface area is 181 Å². The van der Waals surface area contributed by atoms with Crippen LogP contribution in [0.25, 0.3) is 27.8 Å². The van der Waals surface area contributed by atoms with Crippen LogP contribution < -0.4 is 10.3 Å². The van der Waals surface area contributed by atoms with E-state index in [4.69, 9.17) is 0 Å². The zero-order valence-corrected chi connectivity index (χ0v) is 16.7. The number of benzene rings is 2. The Morgan fingerprint density at radius 1 is 0.939 bits per heavy atom. The molecule has 0 atom stereocenters. The van der Waals surface area contributed by atoms with Crippen molar-refractivity contribution in [1.29, 1.82) is 0 Å². The van der Waals surface area contributed by atoms with Gasteiger partial charge in [0.2, 0.25) is 0 Å². The monoisotopic (exact) mass is 465 g/mol. The molecule has 0 unspecified atom stereocenters. The predicted molar refractivity (Wildman–Crippen MR) is 107 cm³/mol. The Bertz CT molecular complexity index is 1390. The van der Waals surface area contributed by atoms with Crippen molar-refractivity contribution in [3.05, 3.63) is 82.3 Å². The van der Waals surface area contributed by atoms with Crippen LogP contribution in [0.5, 0.6) is 5.75 Å². The topological polar surface area (TPSA) is 57.0 Å². The quantitative estimate of drug-likeness (QED) is 0.366. The third-order valence-electron chi connectivity index (χ3n) is 4.65. The van der Waals surface area contributed by atoms with Crippen LogP contribution in [0.1, 0.15) is 11.1 Å². The number of pyridine rings is 1. The van der Waals surface area contributed by atoms with E-state index in [0.717, 1.165) is 41.1 Å². The van der Waals surface area contributed by atoms with E-state index in [2.05, 4.69) is 14.8 Å². The average Bonchev–Trinajstić information content (AvgIpc) is 2.73. The van der Waals surface area contributed by atoms with Gasteiger partial charge in [-0.3, -0.25) is 9.78 Å². The fourth-order valence-electron chi connectivity index (χ4n) is 3.23. The lowest BCUT2D eigenvalue weighted by atomic mass is 10.1. The number of aryl methyl sites for hydroxylation is 1. The largest absolute Gasteiger partial charge is 0.573 e. The highest BCUT2D eigenvalue weighted by atomic mass is 19.4. The summed E-state index contributed by atoms with van der Waals surface area (Å²) in [6.07, 6.45) is -8.01. The lowest BCUT2D eigenvalue weighted by Crippen LogP contribution is -2.23. The lowest BCUT2D eigenvalue weighted by Gasteiger charge is -2.13. The molecule has 0 aliphatic rings. The first-order valence-electron chi connectivity index (χ1n) is 9.36. The van der Waals surface area contributed by atoms with E-state index in [1.807, 2.05) is 0 Å². The number of rotatable bonds is 3. The van der Waals surface area contributed by atoms with Gasteiger partial charge < -0.3 is 4.74 Å². The Morgan fingerprint density at radius 3 is 2.27 bits per heavy atom. The summed E-state index contributed by atoms with van der Waals surface area (Å²) in [4.78, 5) is 17.3. The number of nitrogens with zero attached hydrogens (tertiary/aromatic N) is 3. The molecular weight excluding hydrogens is 452 g/mol. The van der Waals surface area contributed by atoms with Crippen LogP contribution in [0.3, 0.4) is 0 Å². The van der Waals surface area contributed by atoms with E-state index in [1.165, 1.54) is 24.4 Å². The molecule has 11 heteroatoms. The van der Waals surface area contributed by atoms with Gasteiger partial charge >= 0.3 is 12.5 Å². The molecule has 0 aliphatic heterocycles. The molecule has 5 nitrogen and oxygen atoms in total. The van der Waals surface area contributed by atoms with Gasteiger partial charge in [0.25, 0.3) is 5.56 Å². The van der Waals surface area contributed by atoms with E-state index >= 15 is 0 Å². The van der Waals surface area contributed by atoms with Crippen molar-refractivity contribution >= 4 is 10.9 Å². The molecule has 4 aromatic rings. The maximum atomic E-state index is 13.1. The zero-order valence-electron chi connectivity index (χ0n) is 16.7. The van der Waals surface area contributed by atoms with Gasteiger partial charge in [0.15, 0.2) is 0 Å². The molecule has 0 saturated heterocycles. The highest BCUT2D eigenvalue weighted by molar-refractivity contribution is 5.91. The van der Waals surface area contributed by atoms with Crippen molar-refractivity contribution in [1.82, 2.24) is 14.8 Å². The predicted octanol–water partition coefficient (Wildman–Crippen LogP) is 5.67. The highest BCUT2D eigenvalue weighted by Gasteiger charge is 2.31. The van der Waals surface area contributed by atoms with E-state index < -0.39 is 29.4 Å². The first kappa shape index (κ1) is 22.3. The maximum absolute atomic E-state index is 13.1. The molecule has 0 aliphatic carbocycles. The maximum Gasteiger partial charge on any atom is 0.573 e. The van der Waals surface area contributed by atoms with Crippen LogP contribution in [0.4, 0.5) is 26.3 Å². The summed E-state index contributed by atoms with van der Waals surface area (Å²) in [5.74, 6) is -0.505. The minimum atomic E-state index is -4.91.